The van der Waals surface area contributed by atoms with Crippen molar-refractivity contribution >= 4 is 17.7 Å². The number of thioether (sulfide) groups is 1. The zero-order chi connectivity index (χ0) is 18.5. The zero-order valence-electron chi connectivity index (χ0n) is 15.4. The lowest BCUT2D eigenvalue weighted by Gasteiger charge is -2.20. The summed E-state index contributed by atoms with van der Waals surface area (Å²) in [4.78, 5) is 23.4. The number of pyridine rings is 1. The van der Waals surface area contributed by atoms with Crippen molar-refractivity contribution in [1.29, 1.82) is 0 Å². The highest BCUT2D eigenvalue weighted by molar-refractivity contribution is 8.00. The molecule has 0 saturated carbocycles. The maximum absolute atomic E-state index is 12.6. The van der Waals surface area contributed by atoms with Gasteiger partial charge in [-0.05, 0) is 45.9 Å². The Balaban J connectivity index is 1.74. The lowest BCUT2D eigenvalue weighted by molar-refractivity contribution is -0.129. The molecular formula is C18H25N5O2S. The molecule has 3 heterocycles. The van der Waals surface area contributed by atoms with E-state index >= 15 is 0 Å². The average Bonchev–Trinajstić information content (AvgIpc) is 3.33. The Morgan fingerprint density at radius 3 is 2.88 bits per heavy atom. The SMILES string of the molecule is CNC(C)Cc1noc(-c2cccnc2SC(C)C(=O)N2CCCC2)n1. The van der Waals surface area contributed by atoms with E-state index in [9.17, 15) is 4.79 Å². The molecule has 0 radical (unpaired) electrons. The predicted molar refractivity (Wildman–Crippen MR) is 101 cm³/mol. The Kier molecular flexibility index (Phi) is 6.26. The highest BCUT2D eigenvalue weighted by atomic mass is 32.2. The number of aromatic nitrogens is 3. The van der Waals surface area contributed by atoms with Gasteiger partial charge in [-0.15, -0.1) is 0 Å². The van der Waals surface area contributed by atoms with Crippen molar-refractivity contribution in [1.82, 2.24) is 25.3 Å². The topological polar surface area (TPSA) is 84.2 Å². The minimum atomic E-state index is -0.201. The van der Waals surface area contributed by atoms with Crippen LogP contribution in [0.4, 0.5) is 0 Å². The monoisotopic (exact) mass is 375 g/mol. The smallest absolute Gasteiger partial charge is 0.260 e. The van der Waals surface area contributed by atoms with Crippen LogP contribution in [0.3, 0.4) is 0 Å². The molecule has 1 N–H and O–H groups in total. The molecule has 2 unspecified atom stereocenters. The van der Waals surface area contributed by atoms with E-state index in [0.29, 0.717) is 18.1 Å². The van der Waals surface area contributed by atoms with Crippen LogP contribution in [0.15, 0.2) is 27.9 Å². The van der Waals surface area contributed by atoms with Gasteiger partial charge in [0.15, 0.2) is 5.82 Å². The fourth-order valence-electron chi connectivity index (χ4n) is 2.88. The molecule has 0 spiro atoms. The van der Waals surface area contributed by atoms with Crippen molar-refractivity contribution in [3.05, 3.63) is 24.2 Å². The molecule has 2 aromatic rings. The normalized spacial score (nSPS) is 16.7. The Morgan fingerprint density at radius 1 is 1.38 bits per heavy atom. The average molecular weight is 375 g/mol. The number of rotatable bonds is 7. The summed E-state index contributed by atoms with van der Waals surface area (Å²) in [5.41, 5.74) is 0.773. The van der Waals surface area contributed by atoms with Crippen LogP contribution < -0.4 is 5.32 Å². The van der Waals surface area contributed by atoms with Gasteiger partial charge in [0.2, 0.25) is 5.91 Å². The number of carbonyl (C=O) groups excluding carboxylic acids is 1. The summed E-state index contributed by atoms with van der Waals surface area (Å²) in [6.07, 6.45) is 4.59. The second kappa shape index (κ2) is 8.64. The molecule has 1 aliphatic rings. The molecule has 26 heavy (non-hydrogen) atoms. The standard InChI is InChI=1S/C18H25N5O2S/c1-12(19-3)11-15-21-16(25-22-15)14-7-6-8-20-17(14)26-13(2)18(24)23-9-4-5-10-23/h6-8,12-13,19H,4-5,9-11H2,1-3H3. The summed E-state index contributed by atoms with van der Waals surface area (Å²) in [6.45, 7) is 5.70. The molecule has 1 amide bonds. The fraction of sp³-hybridized carbons (Fsp3) is 0.556. The first-order valence-corrected chi connectivity index (χ1v) is 9.87. The van der Waals surface area contributed by atoms with Crippen LogP contribution in [0.5, 0.6) is 0 Å². The first-order chi connectivity index (χ1) is 12.6. The summed E-state index contributed by atoms with van der Waals surface area (Å²) in [6, 6.07) is 4.01. The Morgan fingerprint density at radius 2 is 2.15 bits per heavy atom. The second-order valence-electron chi connectivity index (χ2n) is 6.56. The minimum absolute atomic E-state index is 0.165. The van der Waals surface area contributed by atoms with E-state index in [1.54, 1.807) is 6.20 Å². The van der Waals surface area contributed by atoms with Crippen molar-refractivity contribution in [2.45, 2.75) is 49.4 Å². The molecule has 2 aromatic heterocycles. The Labute approximate surface area is 157 Å². The van der Waals surface area contributed by atoms with Gasteiger partial charge in [0.1, 0.15) is 5.03 Å². The summed E-state index contributed by atoms with van der Waals surface area (Å²) in [5, 5.41) is 7.76. The maximum Gasteiger partial charge on any atom is 0.260 e. The largest absolute Gasteiger partial charge is 0.342 e. The first kappa shape index (κ1) is 18.8. The van der Waals surface area contributed by atoms with Crippen molar-refractivity contribution in [3.8, 4) is 11.5 Å². The van der Waals surface area contributed by atoms with Gasteiger partial charge in [-0.1, -0.05) is 16.9 Å². The highest BCUT2D eigenvalue weighted by Crippen LogP contribution is 2.32. The molecule has 1 aliphatic heterocycles. The van der Waals surface area contributed by atoms with Crippen LogP contribution in [-0.2, 0) is 11.2 Å². The molecule has 3 rings (SSSR count). The van der Waals surface area contributed by atoms with Gasteiger partial charge < -0.3 is 14.7 Å². The molecule has 1 saturated heterocycles. The summed E-state index contributed by atoms with van der Waals surface area (Å²) in [7, 11) is 1.90. The van der Waals surface area contributed by atoms with Crippen LogP contribution in [0.25, 0.3) is 11.5 Å². The molecule has 7 nitrogen and oxygen atoms in total. The molecule has 140 valence electrons. The van der Waals surface area contributed by atoms with Crippen molar-refractivity contribution in [3.63, 3.8) is 0 Å². The maximum atomic E-state index is 12.6. The lowest BCUT2D eigenvalue weighted by atomic mass is 10.2. The molecular weight excluding hydrogens is 350 g/mol. The van der Waals surface area contributed by atoms with Gasteiger partial charge in [0, 0.05) is 31.7 Å². The number of likely N-dealkylation sites (N-methyl/N-ethyl adjacent to an activating group) is 1. The Bertz CT molecular complexity index is 745. The van der Waals surface area contributed by atoms with E-state index in [1.807, 2.05) is 31.0 Å². The molecule has 0 aromatic carbocycles. The number of amides is 1. The number of likely N-dealkylation sites (tertiary alicyclic amines) is 1. The van der Waals surface area contributed by atoms with E-state index in [-0.39, 0.29) is 17.2 Å². The van der Waals surface area contributed by atoms with Gasteiger partial charge in [-0.25, -0.2) is 4.98 Å². The van der Waals surface area contributed by atoms with Crippen LogP contribution >= 0.6 is 11.8 Å². The predicted octanol–water partition coefficient (Wildman–Crippen LogP) is 2.39. The van der Waals surface area contributed by atoms with E-state index in [0.717, 1.165) is 36.5 Å². The lowest BCUT2D eigenvalue weighted by Crippen LogP contribution is -2.34. The van der Waals surface area contributed by atoms with E-state index in [2.05, 4.69) is 27.4 Å². The van der Waals surface area contributed by atoms with E-state index in [4.69, 9.17) is 4.52 Å². The second-order valence-corrected chi connectivity index (χ2v) is 7.89. The van der Waals surface area contributed by atoms with Gasteiger partial charge in [-0.2, -0.15) is 4.98 Å². The van der Waals surface area contributed by atoms with Crippen LogP contribution in [0.2, 0.25) is 0 Å². The quantitative estimate of drug-likeness (QED) is 0.744. The molecule has 0 bridgehead atoms. The van der Waals surface area contributed by atoms with Crippen molar-refractivity contribution < 1.29 is 9.32 Å². The number of nitrogens with one attached hydrogen (secondary N) is 1. The van der Waals surface area contributed by atoms with E-state index in [1.165, 1.54) is 11.8 Å². The van der Waals surface area contributed by atoms with Crippen LogP contribution in [-0.4, -0.2) is 57.4 Å². The third-order valence-electron chi connectivity index (χ3n) is 4.51. The molecule has 0 aliphatic carbocycles. The number of nitrogens with zero attached hydrogens (tertiary/aromatic N) is 4. The van der Waals surface area contributed by atoms with Gasteiger partial charge in [-0.3, -0.25) is 4.79 Å². The minimum Gasteiger partial charge on any atom is -0.342 e. The van der Waals surface area contributed by atoms with Gasteiger partial charge in [0.05, 0.1) is 10.8 Å². The first-order valence-electron chi connectivity index (χ1n) is 8.99. The highest BCUT2D eigenvalue weighted by Gasteiger charge is 2.26. The summed E-state index contributed by atoms with van der Waals surface area (Å²) >= 11 is 1.45. The third-order valence-corrected chi connectivity index (χ3v) is 5.61. The molecule has 8 heteroatoms. The van der Waals surface area contributed by atoms with Gasteiger partial charge in [0.25, 0.3) is 5.89 Å². The molecule has 1 fully saturated rings. The van der Waals surface area contributed by atoms with Gasteiger partial charge >= 0.3 is 0 Å². The third kappa shape index (κ3) is 4.42. The van der Waals surface area contributed by atoms with E-state index < -0.39 is 0 Å². The van der Waals surface area contributed by atoms with Crippen molar-refractivity contribution in [2.75, 3.05) is 20.1 Å². The van der Waals surface area contributed by atoms with Crippen molar-refractivity contribution in [2.24, 2.45) is 0 Å². The molecule has 2 atom stereocenters. The number of hydrogen-bond acceptors (Lipinski definition) is 7. The Hall–Kier alpha value is -1.93. The number of carbonyl (C=O) groups is 1. The fourth-order valence-corrected chi connectivity index (χ4v) is 3.87. The summed E-state index contributed by atoms with van der Waals surface area (Å²) in [5.74, 6) is 1.26. The van der Waals surface area contributed by atoms with Crippen LogP contribution in [0.1, 0.15) is 32.5 Å². The number of hydrogen-bond donors (Lipinski definition) is 1. The van der Waals surface area contributed by atoms with Crippen LogP contribution in [0, 0.1) is 0 Å². The zero-order valence-corrected chi connectivity index (χ0v) is 16.3. The summed E-state index contributed by atoms with van der Waals surface area (Å²) < 4.78 is 5.44.